The highest BCUT2D eigenvalue weighted by atomic mass is 79.9. The Bertz CT molecular complexity index is 570. The molecule has 0 fully saturated rings. The summed E-state index contributed by atoms with van der Waals surface area (Å²) in [5.74, 6) is -0.300. The lowest BCUT2D eigenvalue weighted by molar-refractivity contribution is -0.139. The van der Waals surface area contributed by atoms with E-state index in [0.717, 1.165) is 12.1 Å². The first kappa shape index (κ1) is 18.5. The number of hydrogen-bond donors (Lipinski definition) is 0. The van der Waals surface area contributed by atoms with Crippen molar-refractivity contribution >= 4 is 25.8 Å². The Morgan fingerprint density at radius 1 is 1.10 bits per heavy atom. The molecule has 0 aromatic heterocycles. The third-order valence-corrected chi connectivity index (χ3v) is 7.02. The predicted octanol–water partition coefficient (Wildman–Crippen LogP) is 4.68. The van der Waals surface area contributed by atoms with Gasteiger partial charge in [-0.05, 0) is 30.4 Å². The number of hydrogen-bond acceptors (Lipinski definition) is 2. The van der Waals surface area contributed by atoms with Crippen LogP contribution in [0.1, 0.15) is 32.3 Å². The van der Waals surface area contributed by atoms with Gasteiger partial charge in [-0.3, -0.25) is 0 Å². The molecule has 2 nitrogen and oxygen atoms in total. The minimum Gasteiger partial charge on any atom is -0.224 e. The Balaban J connectivity index is 3.33. The number of sulfone groups is 1. The number of benzene rings is 1. The molecule has 0 radical (unpaired) electrons. The van der Waals surface area contributed by atoms with Gasteiger partial charge in [-0.1, -0.05) is 41.9 Å². The van der Waals surface area contributed by atoms with E-state index < -0.39 is 31.9 Å². The van der Waals surface area contributed by atoms with Crippen molar-refractivity contribution in [2.45, 2.75) is 37.8 Å². The minimum atomic E-state index is -4.68. The van der Waals surface area contributed by atoms with Gasteiger partial charge in [-0.15, -0.1) is 0 Å². The molecule has 0 saturated carbocycles. The number of rotatable bonds is 6. The summed E-state index contributed by atoms with van der Waals surface area (Å²) >= 11 is 3.29. The number of alkyl halides is 4. The van der Waals surface area contributed by atoms with Crippen molar-refractivity contribution in [2.75, 3.05) is 11.1 Å². The van der Waals surface area contributed by atoms with E-state index in [0.29, 0.717) is 18.2 Å². The second kappa shape index (κ2) is 6.69. The lowest BCUT2D eigenvalue weighted by Gasteiger charge is -2.29. The molecule has 0 amide bonds. The maximum atomic E-state index is 13.0. The summed E-state index contributed by atoms with van der Waals surface area (Å²) in [6.07, 6.45) is -3.54. The van der Waals surface area contributed by atoms with E-state index in [2.05, 4.69) is 15.9 Å². The summed E-state index contributed by atoms with van der Waals surface area (Å²) in [6, 6.07) is 4.35. The molecule has 0 spiro atoms. The number of halogens is 4. The SMILES string of the molecule is CCC(CC)(CBr)CS(=O)(=O)c1ccccc1C(F)(F)F. The fourth-order valence-corrected chi connectivity index (χ4v) is 5.66. The maximum absolute atomic E-state index is 13.0. The Morgan fingerprint density at radius 3 is 2.05 bits per heavy atom. The van der Waals surface area contributed by atoms with Gasteiger partial charge in [-0.25, -0.2) is 8.42 Å². The summed E-state index contributed by atoms with van der Waals surface area (Å²) in [5.41, 5.74) is -1.65. The highest BCUT2D eigenvalue weighted by Crippen LogP contribution is 2.38. The molecule has 1 aromatic rings. The average Bonchev–Trinajstić information content (AvgIpc) is 2.44. The Kier molecular flexibility index (Phi) is 5.89. The van der Waals surface area contributed by atoms with E-state index in [1.165, 1.54) is 12.1 Å². The zero-order valence-corrected chi connectivity index (χ0v) is 14.3. The van der Waals surface area contributed by atoms with Gasteiger partial charge < -0.3 is 0 Å². The van der Waals surface area contributed by atoms with Crippen molar-refractivity contribution in [3.63, 3.8) is 0 Å². The third kappa shape index (κ3) is 4.22. The Morgan fingerprint density at radius 2 is 1.62 bits per heavy atom. The van der Waals surface area contributed by atoms with E-state index >= 15 is 0 Å². The van der Waals surface area contributed by atoms with Crippen LogP contribution in [0.5, 0.6) is 0 Å². The topological polar surface area (TPSA) is 34.1 Å². The standard InChI is InChI=1S/C14H18BrF3O2S/c1-3-13(4-2,9-15)10-21(19,20)12-8-6-5-7-11(12)14(16,17)18/h5-8H,3-4,9-10H2,1-2H3. The molecule has 0 aliphatic heterocycles. The molecule has 0 aliphatic rings. The third-order valence-electron chi connectivity index (χ3n) is 3.81. The fraction of sp³-hybridized carbons (Fsp3) is 0.571. The highest BCUT2D eigenvalue weighted by Gasteiger charge is 2.39. The first-order chi connectivity index (χ1) is 9.62. The molecular weight excluding hydrogens is 369 g/mol. The average molecular weight is 387 g/mol. The molecule has 0 saturated heterocycles. The lowest BCUT2D eigenvalue weighted by Crippen LogP contribution is -2.31. The van der Waals surface area contributed by atoms with Gasteiger partial charge in [0.2, 0.25) is 0 Å². The zero-order chi connectivity index (χ0) is 16.3. The van der Waals surface area contributed by atoms with E-state index in [4.69, 9.17) is 0 Å². The van der Waals surface area contributed by atoms with Gasteiger partial charge >= 0.3 is 6.18 Å². The van der Waals surface area contributed by atoms with E-state index in [-0.39, 0.29) is 5.75 Å². The van der Waals surface area contributed by atoms with Gasteiger partial charge in [0.1, 0.15) is 0 Å². The summed E-state index contributed by atoms with van der Waals surface area (Å²) in [7, 11) is -4.02. The van der Waals surface area contributed by atoms with Gasteiger partial charge in [0.05, 0.1) is 16.2 Å². The fourth-order valence-electron chi connectivity index (χ4n) is 2.13. The van der Waals surface area contributed by atoms with Crippen molar-refractivity contribution in [3.8, 4) is 0 Å². The Hall–Kier alpha value is -0.560. The summed E-state index contributed by atoms with van der Waals surface area (Å²) < 4.78 is 63.9. The molecule has 0 atom stereocenters. The normalized spacial score (nSPS) is 13.4. The molecule has 0 heterocycles. The van der Waals surface area contributed by atoms with Crippen LogP contribution in [0.15, 0.2) is 29.2 Å². The van der Waals surface area contributed by atoms with Crippen molar-refractivity contribution in [1.82, 2.24) is 0 Å². The summed E-state index contributed by atoms with van der Waals surface area (Å²) in [5, 5.41) is 0.431. The summed E-state index contributed by atoms with van der Waals surface area (Å²) in [6.45, 7) is 3.69. The van der Waals surface area contributed by atoms with Gasteiger partial charge in [0.15, 0.2) is 9.84 Å². The molecule has 0 aliphatic carbocycles. The molecule has 7 heteroatoms. The van der Waals surface area contributed by atoms with Gasteiger partial charge in [0.25, 0.3) is 0 Å². The van der Waals surface area contributed by atoms with Crippen LogP contribution in [-0.2, 0) is 16.0 Å². The van der Waals surface area contributed by atoms with Crippen LogP contribution in [0.3, 0.4) is 0 Å². The van der Waals surface area contributed by atoms with Crippen LogP contribution in [0, 0.1) is 5.41 Å². The molecule has 120 valence electrons. The van der Waals surface area contributed by atoms with E-state index in [1.807, 2.05) is 13.8 Å². The maximum Gasteiger partial charge on any atom is 0.417 e. The molecular formula is C14H18BrF3O2S. The summed E-state index contributed by atoms with van der Waals surface area (Å²) in [4.78, 5) is -0.635. The predicted molar refractivity (Wildman–Crippen MR) is 80.3 cm³/mol. The van der Waals surface area contributed by atoms with Crippen LogP contribution in [0.25, 0.3) is 0 Å². The van der Waals surface area contributed by atoms with Gasteiger partial charge in [-0.2, -0.15) is 13.2 Å². The molecule has 0 N–H and O–H groups in total. The largest absolute Gasteiger partial charge is 0.417 e. The highest BCUT2D eigenvalue weighted by molar-refractivity contribution is 9.09. The second-order valence-corrected chi connectivity index (χ2v) is 7.61. The smallest absolute Gasteiger partial charge is 0.224 e. The second-order valence-electron chi connectivity index (χ2n) is 5.09. The minimum absolute atomic E-state index is 0.300. The quantitative estimate of drug-likeness (QED) is 0.665. The van der Waals surface area contributed by atoms with E-state index in [1.54, 1.807) is 0 Å². The first-order valence-electron chi connectivity index (χ1n) is 6.57. The molecule has 21 heavy (non-hydrogen) atoms. The van der Waals surface area contributed by atoms with Crippen LogP contribution in [0.2, 0.25) is 0 Å². The first-order valence-corrected chi connectivity index (χ1v) is 9.34. The molecule has 1 aromatic carbocycles. The Labute approximate surface area is 131 Å². The van der Waals surface area contributed by atoms with Crippen molar-refractivity contribution < 1.29 is 21.6 Å². The molecule has 1 rings (SSSR count). The zero-order valence-electron chi connectivity index (χ0n) is 11.9. The van der Waals surface area contributed by atoms with Crippen LogP contribution < -0.4 is 0 Å². The van der Waals surface area contributed by atoms with Crippen molar-refractivity contribution in [1.29, 1.82) is 0 Å². The molecule has 0 bridgehead atoms. The van der Waals surface area contributed by atoms with E-state index in [9.17, 15) is 21.6 Å². The van der Waals surface area contributed by atoms with Crippen LogP contribution in [0.4, 0.5) is 13.2 Å². The van der Waals surface area contributed by atoms with Gasteiger partial charge in [0, 0.05) is 5.33 Å². The van der Waals surface area contributed by atoms with Crippen molar-refractivity contribution in [2.24, 2.45) is 5.41 Å². The van der Waals surface area contributed by atoms with Crippen LogP contribution >= 0.6 is 15.9 Å². The van der Waals surface area contributed by atoms with Crippen LogP contribution in [-0.4, -0.2) is 19.5 Å². The van der Waals surface area contributed by atoms with Crippen molar-refractivity contribution in [3.05, 3.63) is 29.8 Å². The molecule has 0 unspecified atom stereocenters. The lowest BCUT2D eigenvalue weighted by atomic mass is 9.87. The monoisotopic (exact) mass is 386 g/mol.